The van der Waals surface area contributed by atoms with Crippen LogP contribution in [0.4, 0.5) is 0 Å². The summed E-state index contributed by atoms with van der Waals surface area (Å²) in [6.07, 6.45) is 0. The molecule has 0 spiro atoms. The predicted molar refractivity (Wildman–Crippen MR) is 47.7 cm³/mol. The average Bonchev–Trinajstić information content (AvgIpc) is 2.07. The number of phenolic OH excluding ortho intramolecular Hbond substituents is 1. The molecule has 0 saturated carbocycles. The van der Waals surface area contributed by atoms with Gasteiger partial charge in [0.05, 0.1) is 5.02 Å². The van der Waals surface area contributed by atoms with Crippen LogP contribution in [0.5, 0.6) is 11.5 Å². The smallest absolute Gasteiger partial charge is 0.141 e. The SMILES string of the molecule is NCCOc1cc(O)ccc1Cl. The van der Waals surface area contributed by atoms with Gasteiger partial charge >= 0.3 is 0 Å². The molecule has 1 aromatic rings. The van der Waals surface area contributed by atoms with Crippen LogP contribution < -0.4 is 10.5 Å². The Labute approximate surface area is 75.7 Å². The van der Waals surface area contributed by atoms with Gasteiger partial charge < -0.3 is 15.6 Å². The Morgan fingerprint density at radius 2 is 2.25 bits per heavy atom. The lowest BCUT2D eigenvalue weighted by Crippen LogP contribution is -2.10. The Bertz CT molecular complexity index is 265. The molecule has 12 heavy (non-hydrogen) atoms. The molecule has 66 valence electrons. The first-order valence-electron chi connectivity index (χ1n) is 3.55. The van der Waals surface area contributed by atoms with Crippen molar-refractivity contribution in [3.63, 3.8) is 0 Å². The van der Waals surface area contributed by atoms with E-state index in [-0.39, 0.29) is 5.75 Å². The second-order valence-electron chi connectivity index (χ2n) is 2.25. The van der Waals surface area contributed by atoms with Crippen LogP contribution in [0, 0.1) is 0 Å². The van der Waals surface area contributed by atoms with Crippen molar-refractivity contribution in [3.8, 4) is 11.5 Å². The maximum atomic E-state index is 9.07. The van der Waals surface area contributed by atoms with E-state index in [9.17, 15) is 0 Å². The number of ether oxygens (including phenoxy) is 1. The van der Waals surface area contributed by atoms with E-state index in [0.29, 0.717) is 23.9 Å². The van der Waals surface area contributed by atoms with E-state index in [2.05, 4.69) is 0 Å². The zero-order valence-electron chi connectivity index (χ0n) is 6.46. The van der Waals surface area contributed by atoms with Crippen LogP contribution in [-0.4, -0.2) is 18.3 Å². The Morgan fingerprint density at radius 3 is 2.92 bits per heavy atom. The van der Waals surface area contributed by atoms with Crippen LogP contribution in [0.15, 0.2) is 18.2 Å². The van der Waals surface area contributed by atoms with Gasteiger partial charge in [-0.3, -0.25) is 0 Å². The highest BCUT2D eigenvalue weighted by molar-refractivity contribution is 6.32. The molecule has 0 saturated heterocycles. The summed E-state index contributed by atoms with van der Waals surface area (Å²) in [5.74, 6) is 0.591. The van der Waals surface area contributed by atoms with Gasteiger partial charge in [-0.1, -0.05) is 11.6 Å². The molecular weight excluding hydrogens is 178 g/mol. The molecule has 0 aliphatic heterocycles. The Morgan fingerprint density at radius 1 is 1.50 bits per heavy atom. The van der Waals surface area contributed by atoms with E-state index in [1.165, 1.54) is 12.1 Å². The Hall–Kier alpha value is -0.930. The molecule has 1 aromatic carbocycles. The number of halogens is 1. The standard InChI is InChI=1S/C8H10ClNO2/c9-7-2-1-6(11)5-8(7)12-4-3-10/h1-2,5,11H,3-4,10H2. The number of phenols is 1. The number of rotatable bonds is 3. The number of nitrogens with two attached hydrogens (primary N) is 1. The van der Waals surface area contributed by atoms with Crippen LogP contribution in [0.1, 0.15) is 0 Å². The first-order valence-corrected chi connectivity index (χ1v) is 3.93. The quantitative estimate of drug-likeness (QED) is 0.752. The van der Waals surface area contributed by atoms with Gasteiger partial charge in [0.2, 0.25) is 0 Å². The second-order valence-corrected chi connectivity index (χ2v) is 2.66. The minimum absolute atomic E-state index is 0.131. The maximum absolute atomic E-state index is 9.07. The number of benzene rings is 1. The molecule has 0 atom stereocenters. The fraction of sp³-hybridized carbons (Fsp3) is 0.250. The average molecular weight is 188 g/mol. The summed E-state index contributed by atoms with van der Waals surface area (Å²) in [5.41, 5.74) is 5.23. The van der Waals surface area contributed by atoms with Crippen LogP contribution in [0.3, 0.4) is 0 Å². The molecular formula is C8H10ClNO2. The molecule has 0 radical (unpaired) electrons. The fourth-order valence-corrected chi connectivity index (χ4v) is 0.944. The molecule has 0 aliphatic carbocycles. The monoisotopic (exact) mass is 187 g/mol. The third kappa shape index (κ3) is 2.29. The summed E-state index contributed by atoms with van der Waals surface area (Å²) in [4.78, 5) is 0. The van der Waals surface area contributed by atoms with E-state index in [1.807, 2.05) is 0 Å². The van der Waals surface area contributed by atoms with Gasteiger partial charge in [-0.15, -0.1) is 0 Å². The molecule has 0 aliphatic rings. The third-order valence-corrected chi connectivity index (χ3v) is 1.60. The van der Waals surface area contributed by atoms with E-state index < -0.39 is 0 Å². The second kappa shape index (κ2) is 4.18. The molecule has 3 nitrogen and oxygen atoms in total. The van der Waals surface area contributed by atoms with E-state index in [0.717, 1.165) is 0 Å². The van der Waals surface area contributed by atoms with Crippen LogP contribution >= 0.6 is 11.6 Å². The van der Waals surface area contributed by atoms with Crippen LogP contribution in [-0.2, 0) is 0 Å². The molecule has 0 unspecified atom stereocenters. The molecule has 0 bridgehead atoms. The largest absolute Gasteiger partial charge is 0.508 e. The van der Waals surface area contributed by atoms with Gasteiger partial charge in [0.25, 0.3) is 0 Å². The van der Waals surface area contributed by atoms with Crippen molar-refractivity contribution >= 4 is 11.6 Å². The van der Waals surface area contributed by atoms with Crippen molar-refractivity contribution in [2.75, 3.05) is 13.2 Å². The topological polar surface area (TPSA) is 55.5 Å². The normalized spacial score (nSPS) is 9.83. The lowest BCUT2D eigenvalue weighted by Gasteiger charge is -2.06. The van der Waals surface area contributed by atoms with Crippen LogP contribution in [0.25, 0.3) is 0 Å². The molecule has 4 heteroatoms. The predicted octanol–water partition coefficient (Wildman–Crippen LogP) is 1.38. The lowest BCUT2D eigenvalue weighted by molar-refractivity contribution is 0.326. The highest BCUT2D eigenvalue weighted by Crippen LogP contribution is 2.27. The van der Waals surface area contributed by atoms with Crippen molar-refractivity contribution < 1.29 is 9.84 Å². The van der Waals surface area contributed by atoms with Gasteiger partial charge in [0, 0.05) is 12.6 Å². The van der Waals surface area contributed by atoms with Gasteiger partial charge in [-0.2, -0.15) is 0 Å². The first kappa shape index (κ1) is 9.16. The highest BCUT2D eigenvalue weighted by atomic mass is 35.5. The summed E-state index contributed by atoms with van der Waals surface area (Å²) in [7, 11) is 0. The van der Waals surface area contributed by atoms with Crippen molar-refractivity contribution in [3.05, 3.63) is 23.2 Å². The van der Waals surface area contributed by atoms with Crippen molar-refractivity contribution in [1.82, 2.24) is 0 Å². The Balaban J connectivity index is 2.75. The fourth-order valence-electron chi connectivity index (χ4n) is 0.772. The summed E-state index contributed by atoms with van der Waals surface area (Å²) in [6, 6.07) is 4.53. The third-order valence-electron chi connectivity index (χ3n) is 1.29. The summed E-state index contributed by atoms with van der Waals surface area (Å²) < 4.78 is 5.15. The highest BCUT2D eigenvalue weighted by Gasteiger charge is 2.01. The molecule has 1 rings (SSSR count). The first-order chi connectivity index (χ1) is 5.74. The van der Waals surface area contributed by atoms with Crippen molar-refractivity contribution in [2.24, 2.45) is 5.73 Å². The molecule has 3 N–H and O–H groups in total. The van der Waals surface area contributed by atoms with Crippen LogP contribution in [0.2, 0.25) is 5.02 Å². The maximum Gasteiger partial charge on any atom is 0.141 e. The zero-order valence-corrected chi connectivity index (χ0v) is 7.21. The van der Waals surface area contributed by atoms with E-state index in [4.69, 9.17) is 27.2 Å². The van der Waals surface area contributed by atoms with Gasteiger partial charge in [0.1, 0.15) is 18.1 Å². The molecule has 0 amide bonds. The summed E-state index contributed by atoms with van der Waals surface area (Å²) in [5, 5.41) is 9.54. The van der Waals surface area contributed by atoms with Gasteiger partial charge in [0.15, 0.2) is 0 Å². The molecule has 0 aromatic heterocycles. The van der Waals surface area contributed by atoms with Gasteiger partial charge in [-0.05, 0) is 12.1 Å². The summed E-state index contributed by atoms with van der Waals surface area (Å²) in [6.45, 7) is 0.815. The van der Waals surface area contributed by atoms with E-state index >= 15 is 0 Å². The van der Waals surface area contributed by atoms with Crippen molar-refractivity contribution in [1.29, 1.82) is 0 Å². The zero-order chi connectivity index (χ0) is 8.97. The number of hydrogen-bond donors (Lipinski definition) is 2. The minimum Gasteiger partial charge on any atom is -0.508 e. The molecule has 0 heterocycles. The number of aromatic hydroxyl groups is 1. The van der Waals surface area contributed by atoms with E-state index in [1.54, 1.807) is 6.07 Å². The number of hydrogen-bond acceptors (Lipinski definition) is 3. The molecule has 0 fully saturated rings. The summed E-state index contributed by atoms with van der Waals surface area (Å²) >= 11 is 5.76. The minimum atomic E-state index is 0.131. The van der Waals surface area contributed by atoms with Gasteiger partial charge in [-0.25, -0.2) is 0 Å². The van der Waals surface area contributed by atoms with Crippen molar-refractivity contribution in [2.45, 2.75) is 0 Å². The Kier molecular flexibility index (Phi) is 3.19. The lowest BCUT2D eigenvalue weighted by atomic mass is 10.3.